The second-order valence-corrected chi connectivity index (χ2v) is 10.9. The Labute approximate surface area is 258 Å². The molecule has 228 valence electrons. The zero-order chi connectivity index (χ0) is 32.1. The van der Waals surface area contributed by atoms with Gasteiger partial charge in [-0.2, -0.15) is 26.3 Å². The molecular formula is C37H22F6N2O. The van der Waals surface area contributed by atoms with Gasteiger partial charge in [0.1, 0.15) is 11.2 Å². The van der Waals surface area contributed by atoms with Crippen LogP contribution in [0.4, 0.5) is 26.3 Å². The normalized spacial score (nSPS) is 14.2. The maximum absolute atomic E-state index is 13.5. The van der Waals surface area contributed by atoms with Gasteiger partial charge >= 0.3 is 12.4 Å². The van der Waals surface area contributed by atoms with E-state index in [1.165, 1.54) is 12.1 Å². The Morgan fingerprint density at radius 2 is 1.24 bits per heavy atom. The molecule has 0 unspecified atom stereocenters. The number of fused-ring (bicyclic) bond motifs is 2. The second-order valence-electron chi connectivity index (χ2n) is 10.9. The molecule has 0 saturated carbocycles. The van der Waals surface area contributed by atoms with Gasteiger partial charge in [-0.05, 0) is 87.5 Å². The van der Waals surface area contributed by atoms with Crippen LogP contribution in [0.15, 0.2) is 137 Å². The molecule has 0 amide bonds. The van der Waals surface area contributed by atoms with Crippen LogP contribution in [-0.4, -0.2) is 22.3 Å². The monoisotopic (exact) mass is 624 g/mol. The molecule has 3 nitrogen and oxygen atoms in total. The lowest BCUT2D eigenvalue weighted by molar-refractivity contribution is -0.0945. The van der Waals surface area contributed by atoms with Crippen LogP contribution in [0.1, 0.15) is 12.0 Å². The van der Waals surface area contributed by atoms with Crippen molar-refractivity contribution in [2.75, 3.05) is 0 Å². The fraction of sp³-hybridized carbons (Fsp3) is 0.0811. The molecule has 0 fully saturated rings. The number of nitrogens with zero attached hydrogens (tertiary/aromatic N) is 2. The number of oxazole rings is 1. The van der Waals surface area contributed by atoms with Crippen molar-refractivity contribution in [3.05, 3.63) is 138 Å². The number of pyridine rings is 1. The number of alkyl halides is 6. The highest BCUT2D eigenvalue weighted by molar-refractivity contribution is 5.91. The Hall–Kier alpha value is -5.44. The molecule has 46 heavy (non-hydrogen) atoms. The molecule has 0 saturated heterocycles. The van der Waals surface area contributed by atoms with Gasteiger partial charge in [-0.25, -0.2) is 4.98 Å². The van der Waals surface area contributed by atoms with Crippen molar-refractivity contribution in [1.29, 1.82) is 0 Å². The highest BCUT2D eigenvalue weighted by Gasteiger charge is 2.37. The van der Waals surface area contributed by atoms with Crippen LogP contribution in [0.2, 0.25) is 0 Å². The number of para-hydroxylation sites is 2. The van der Waals surface area contributed by atoms with Gasteiger partial charge in [0.25, 0.3) is 0 Å². The predicted octanol–water partition coefficient (Wildman–Crippen LogP) is 11.1. The van der Waals surface area contributed by atoms with Gasteiger partial charge in [0.15, 0.2) is 5.58 Å². The summed E-state index contributed by atoms with van der Waals surface area (Å²) in [5.74, 6) is 0.447. The first-order valence-electron chi connectivity index (χ1n) is 14.3. The maximum atomic E-state index is 13.5. The fourth-order valence-corrected chi connectivity index (χ4v) is 5.43. The lowest BCUT2D eigenvalue weighted by Gasteiger charge is -2.11. The molecule has 1 aliphatic rings. The molecule has 0 spiro atoms. The summed E-state index contributed by atoms with van der Waals surface area (Å²) in [6.07, 6.45) is -6.46. The van der Waals surface area contributed by atoms with Crippen LogP contribution >= 0.6 is 0 Å². The minimum atomic E-state index is -4.77. The van der Waals surface area contributed by atoms with Gasteiger partial charge in [-0.15, -0.1) is 0 Å². The number of hydrogen-bond donors (Lipinski definition) is 0. The van der Waals surface area contributed by atoms with Crippen molar-refractivity contribution in [2.24, 2.45) is 0 Å². The van der Waals surface area contributed by atoms with Crippen LogP contribution in [0, 0.1) is 0 Å². The third kappa shape index (κ3) is 5.83. The Morgan fingerprint density at radius 1 is 0.609 bits per heavy atom. The Balaban J connectivity index is 1.13. The third-order valence-electron chi connectivity index (χ3n) is 7.88. The summed E-state index contributed by atoms with van der Waals surface area (Å²) in [6.45, 7) is 0. The summed E-state index contributed by atoms with van der Waals surface area (Å²) in [7, 11) is 0. The molecule has 2 aromatic heterocycles. The summed E-state index contributed by atoms with van der Waals surface area (Å²) in [4.78, 5) is 9.05. The zero-order valence-electron chi connectivity index (χ0n) is 23.8. The SMILES string of the molecule is FC(F)(F)C1=CCC(C(F)(F)F)=CC(c2ccc(-c3ccc4cc(-c5ccc(-c6nc7ccccc7o6)nc5)ccc4c3)cc2)=C1. The van der Waals surface area contributed by atoms with Crippen LogP contribution < -0.4 is 0 Å². The van der Waals surface area contributed by atoms with Crippen molar-refractivity contribution >= 4 is 27.4 Å². The molecule has 4 aromatic carbocycles. The molecule has 0 atom stereocenters. The van der Waals surface area contributed by atoms with Gasteiger partial charge < -0.3 is 4.42 Å². The first kappa shape index (κ1) is 29.3. The van der Waals surface area contributed by atoms with Gasteiger partial charge in [-0.3, -0.25) is 4.98 Å². The van der Waals surface area contributed by atoms with Crippen molar-refractivity contribution in [3.8, 4) is 33.8 Å². The lowest BCUT2D eigenvalue weighted by Crippen LogP contribution is -2.12. The van der Waals surface area contributed by atoms with Crippen LogP contribution in [0.3, 0.4) is 0 Å². The Morgan fingerprint density at radius 3 is 1.87 bits per heavy atom. The zero-order valence-corrected chi connectivity index (χ0v) is 23.8. The first-order chi connectivity index (χ1) is 22.0. The van der Waals surface area contributed by atoms with E-state index in [0.717, 1.165) is 50.7 Å². The van der Waals surface area contributed by atoms with Gasteiger partial charge in [0.2, 0.25) is 5.89 Å². The van der Waals surface area contributed by atoms with E-state index < -0.39 is 29.9 Å². The van der Waals surface area contributed by atoms with E-state index in [2.05, 4.69) is 9.97 Å². The highest BCUT2D eigenvalue weighted by atomic mass is 19.4. The maximum Gasteiger partial charge on any atom is 0.416 e. The Bertz CT molecular complexity index is 2150. The van der Waals surface area contributed by atoms with Crippen molar-refractivity contribution < 1.29 is 30.8 Å². The molecule has 0 bridgehead atoms. The first-order valence-corrected chi connectivity index (χ1v) is 14.3. The van der Waals surface area contributed by atoms with E-state index in [4.69, 9.17) is 4.42 Å². The third-order valence-corrected chi connectivity index (χ3v) is 7.88. The minimum absolute atomic E-state index is 0.151. The highest BCUT2D eigenvalue weighted by Crippen LogP contribution is 2.39. The van der Waals surface area contributed by atoms with Crippen molar-refractivity contribution in [3.63, 3.8) is 0 Å². The quantitative estimate of drug-likeness (QED) is 0.183. The smallest absolute Gasteiger partial charge is 0.416 e. The van der Waals surface area contributed by atoms with Crippen LogP contribution in [0.5, 0.6) is 0 Å². The van der Waals surface area contributed by atoms with E-state index in [-0.39, 0.29) is 11.1 Å². The van der Waals surface area contributed by atoms with Gasteiger partial charge in [-0.1, -0.05) is 72.8 Å². The molecular weight excluding hydrogens is 602 g/mol. The molecule has 0 N–H and O–H groups in total. The Kier molecular flexibility index (Phi) is 7.11. The predicted molar refractivity (Wildman–Crippen MR) is 166 cm³/mol. The van der Waals surface area contributed by atoms with Crippen molar-refractivity contribution in [2.45, 2.75) is 18.8 Å². The van der Waals surface area contributed by atoms with E-state index >= 15 is 0 Å². The molecule has 1 aliphatic carbocycles. The van der Waals surface area contributed by atoms with Crippen LogP contribution in [-0.2, 0) is 0 Å². The van der Waals surface area contributed by atoms with E-state index in [1.807, 2.05) is 72.8 Å². The molecule has 9 heteroatoms. The van der Waals surface area contributed by atoms with E-state index in [0.29, 0.717) is 23.2 Å². The molecule has 2 heterocycles. The molecule has 0 aliphatic heterocycles. The molecule has 7 rings (SSSR count). The molecule has 6 aromatic rings. The standard InChI is InChI=1S/C37H22F6N2O/c38-36(39,40)30-14-15-31(37(41,42)43)20-29(19-30)23-7-5-22(6-8-23)24-9-10-26-18-27(12-11-25(26)17-24)28-13-16-33(44-21-28)35-45-32-3-1-2-4-34(32)46-35/h1-14,16-21H,15H2. The average Bonchev–Trinajstić information content (AvgIpc) is 3.33. The summed E-state index contributed by atoms with van der Waals surface area (Å²) < 4.78 is 86.6. The number of benzene rings is 4. The number of aromatic nitrogens is 2. The topological polar surface area (TPSA) is 38.9 Å². The summed E-state index contributed by atoms with van der Waals surface area (Å²) >= 11 is 0. The summed E-state index contributed by atoms with van der Waals surface area (Å²) in [5, 5.41) is 1.95. The number of allylic oxidation sites excluding steroid dienone is 6. The minimum Gasteiger partial charge on any atom is -0.435 e. The van der Waals surface area contributed by atoms with Gasteiger partial charge in [0.05, 0.1) is 5.57 Å². The van der Waals surface area contributed by atoms with Gasteiger partial charge in [0, 0.05) is 17.3 Å². The van der Waals surface area contributed by atoms with E-state index in [1.54, 1.807) is 18.3 Å². The lowest BCUT2D eigenvalue weighted by atomic mass is 9.96. The number of hydrogen-bond acceptors (Lipinski definition) is 3. The summed E-state index contributed by atoms with van der Waals surface area (Å²) in [5.41, 5.74) is 3.56. The van der Waals surface area contributed by atoms with Crippen molar-refractivity contribution in [1.82, 2.24) is 9.97 Å². The average molecular weight is 625 g/mol. The summed E-state index contributed by atoms with van der Waals surface area (Å²) in [6, 6.07) is 29.7. The number of rotatable bonds is 4. The molecule has 0 radical (unpaired) electrons. The number of halogens is 6. The second kappa shape index (κ2) is 11.2. The largest absolute Gasteiger partial charge is 0.435 e. The van der Waals surface area contributed by atoms with E-state index in [9.17, 15) is 26.3 Å². The fourth-order valence-electron chi connectivity index (χ4n) is 5.43. The van der Waals surface area contributed by atoms with Crippen LogP contribution in [0.25, 0.3) is 61.3 Å².